The summed E-state index contributed by atoms with van der Waals surface area (Å²) in [5, 5.41) is 27.5. The number of hydrogen-bond acceptors (Lipinski definition) is 5. The van der Waals surface area contributed by atoms with E-state index in [0.717, 1.165) is 10.5 Å². The zero-order chi connectivity index (χ0) is 19.6. The van der Waals surface area contributed by atoms with Crippen LogP contribution in [0.3, 0.4) is 0 Å². The molecule has 0 bridgehead atoms. The Labute approximate surface area is 159 Å². The van der Waals surface area contributed by atoms with Crippen LogP contribution < -0.4 is 0 Å². The number of nitrogens with zero attached hydrogens (tertiary/aromatic N) is 3. The molecule has 0 radical (unpaired) electrons. The van der Waals surface area contributed by atoms with E-state index in [-0.39, 0.29) is 23.1 Å². The number of carbonyl (C=O) groups is 2. The van der Waals surface area contributed by atoms with Gasteiger partial charge in [0.15, 0.2) is 0 Å². The Balaban J connectivity index is 1.67. The number of carbonyl (C=O) groups excluding carboxylic acids is 2. The van der Waals surface area contributed by atoms with Gasteiger partial charge in [0.1, 0.15) is 0 Å². The van der Waals surface area contributed by atoms with Gasteiger partial charge in [0.2, 0.25) is 11.8 Å². The summed E-state index contributed by atoms with van der Waals surface area (Å²) >= 11 is 1.31. The molecule has 2 N–H and O–H groups in total. The number of fused-ring (bicyclic) bond motifs is 1. The van der Waals surface area contributed by atoms with Gasteiger partial charge in [-0.25, -0.2) is 0 Å². The number of aromatic nitrogens is 1. The Bertz CT molecular complexity index is 1050. The highest BCUT2D eigenvalue weighted by Gasteiger charge is 2.15. The summed E-state index contributed by atoms with van der Waals surface area (Å²) in [7, 11) is 1.50. The molecule has 3 rings (SSSR count). The lowest BCUT2D eigenvalue weighted by atomic mass is 10.1. The van der Waals surface area contributed by atoms with Gasteiger partial charge in [0, 0.05) is 28.3 Å². The van der Waals surface area contributed by atoms with Crippen LogP contribution >= 0.6 is 11.8 Å². The smallest absolute Gasteiger partial charge is 0.295 e. The van der Waals surface area contributed by atoms with Crippen LogP contribution in [-0.4, -0.2) is 32.3 Å². The van der Waals surface area contributed by atoms with Crippen LogP contribution in [0.1, 0.15) is 15.9 Å². The van der Waals surface area contributed by atoms with Crippen LogP contribution in [0.25, 0.3) is 10.8 Å². The first kappa shape index (κ1) is 18.7. The van der Waals surface area contributed by atoms with Gasteiger partial charge in [-0.05, 0) is 37.3 Å². The van der Waals surface area contributed by atoms with Crippen LogP contribution in [0.2, 0.25) is 0 Å². The summed E-state index contributed by atoms with van der Waals surface area (Å²) in [6.45, 7) is 1.98. The maximum atomic E-state index is 12.1. The molecule has 0 saturated heterocycles. The van der Waals surface area contributed by atoms with Gasteiger partial charge in [-0.15, -0.1) is 22.0 Å². The molecular formula is C19H17N3O4S. The average Bonchev–Trinajstić information content (AvgIpc) is 2.89. The number of benzene rings is 2. The van der Waals surface area contributed by atoms with Crippen LogP contribution in [0.4, 0.5) is 0 Å². The Hall–Kier alpha value is -3.13. The van der Waals surface area contributed by atoms with E-state index in [0.29, 0.717) is 10.8 Å². The van der Waals surface area contributed by atoms with Gasteiger partial charge >= 0.3 is 0 Å². The van der Waals surface area contributed by atoms with Crippen molar-refractivity contribution in [2.24, 2.45) is 17.3 Å². The lowest BCUT2D eigenvalue weighted by Gasteiger charge is -1.99. The number of aromatic hydroxyl groups is 2. The van der Waals surface area contributed by atoms with Crippen molar-refractivity contribution in [3.8, 4) is 11.8 Å². The third-order valence-electron chi connectivity index (χ3n) is 4.02. The quantitative estimate of drug-likeness (QED) is 0.527. The highest BCUT2D eigenvalue weighted by molar-refractivity contribution is 8.00. The molecule has 2 aromatic carbocycles. The minimum absolute atomic E-state index is 0.0756. The van der Waals surface area contributed by atoms with Gasteiger partial charge in [-0.3, -0.25) is 14.2 Å². The van der Waals surface area contributed by atoms with E-state index in [4.69, 9.17) is 0 Å². The predicted octanol–water partition coefficient (Wildman–Crippen LogP) is 3.81. The molecule has 0 saturated carbocycles. The normalized spacial score (nSPS) is 11.3. The summed E-state index contributed by atoms with van der Waals surface area (Å²) in [6.07, 6.45) is 0. The van der Waals surface area contributed by atoms with E-state index < -0.39 is 11.8 Å². The van der Waals surface area contributed by atoms with E-state index >= 15 is 0 Å². The van der Waals surface area contributed by atoms with Crippen molar-refractivity contribution >= 4 is 34.3 Å². The molecule has 0 spiro atoms. The summed E-state index contributed by atoms with van der Waals surface area (Å²) in [5.41, 5.74) is 1.29. The van der Waals surface area contributed by atoms with Crippen molar-refractivity contribution < 1.29 is 19.8 Å². The van der Waals surface area contributed by atoms with Gasteiger partial charge in [-0.2, -0.15) is 0 Å². The lowest BCUT2D eigenvalue weighted by Crippen LogP contribution is -1.99. The molecule has 0 aliphatic carbocycles. The third-order valence-corrected chi connectivity index (χ3v) is 5.02. The molecule has 7 nitrogen and oxygen atoms in total. The van der Waals surface area contributed by atoms with E-state index in [9.17, 15) is 19.8 Å². The molecule has 0 aliphatic heterocycles. The molecular weight excluding hydrogens is 366 g/mol. The van der Waals surface area contributed by atoms with Crippen LogP contribution in [0, 0.1) is 6.92 Å². The van der Waals surface area contributed by atoms with Gasteiger partial charge < -0.3 is 10.2 Å². The molecule has 0 fully saturated rings. The topological polar surface area (TPSA) is 104 Å². The van der Waals surface area contributed by atoms with Crippen molar-refractivity contribution in [2.75, 3.05) is 5.75 Å². The zero-order valence-electron chi connectivity index (χ0n) is 14.7. The minimum Gasteiger partial charge on any atom is -0.494 e. The molecule has 1 heterocycles. The first-order valence-corrected chi connectivity index (χ1v) is 9.04. The average molecular weight is 383 g/mol. The predicted molar refractivity (Wildman–Crippen MR) is 102 cm³/mol. The summed E-state index contributed by atoms with van der Waals surface area (Å²) < 4.78 is 1.20. The Morgan fingerprint density at radius 3 is 2.37 bits per heavy atom. The number of thioether (sulfide) groups is 1. The summed E-state index contributed by atoms with van der Waals surface area (Å²) in [5.74, 6) is -1.42. The zero-order valence-corrected chi connectivity index (χ0v) is 15.5. The second kappa shape index (κ2) is 7.63. The maximum Gasteiger partial charge on any atom is 0.295 e. The second-order valence-corrected chi connectivity index (χ2v) is 7.02. The van der Waals surface area contributed by atoms with Gasteiger partial charge in [0.25, 0.3) is 11.8 Å². The number of aryl methyl sites for hydroxylation is 1. The second-order valence-electron chi connectivity index (χ2n) is 5.97. The minimum atomic E-state index is -0.701. The molecule has 8 heteroatoms. The van der Waals surface area contributed by atoms with Crippen LogP contribution in [0.5, 0.6) is 11.8 Å². The fraction of sp³-hybridized carbons (Fsp3) is 0.158. The molecule has 0 atom stereocenters. The maximum absolute atomic E-state index is 12.1. The Kier molecular flexibility index (Phi) is 5.27. The highest BCUT2D eigenvalue weighted by Crippen LogP contribution is 2.35. The van der Waals surface area contributed by atoms with Crippen molar-refractivity contribution in [1.29, 1.82) is 0 Å². The van der Waals surface area contributed by atoms with Crippen molar-refractivity contribution in [3.63, 3.8) is 0 Å². The van der Waals surface area contributed by atoms with E-state index in [1.807, 2.05) is 31.2 Å². The largest absolute Gasteiger partial charge is 0.494 e. The highest BCUT2D eigenvalue weighted by atomic mass is 32.2. The van der Waals surface area contributed by atoms with Gasteiger partial charge in [-0.1, -0.05) is 17.7 Å². The standard InChI is InChI=1S/C19H17N3O4S/c1-11-3-6-13(7-4-11)27-10-16(23)20-21-17(24)12-5-8-14-15(9-12)19(26)22(2)18(14)25/h3-9,25-26H,10H2,1-2H3. The molecule has 3 aromatic rings. The van der Waals surface area contributed by atoms with Crippen LogP contribution in [-0.2, 0) is 11.8 Å². The van der Waals surface area contributed by atoms with E-state index in [2.05, 4.69) is 10.2 Å². The fourth-order valence-corrected chi connectivity index (χ4v) is 3.16. The molecule has 1 aromatic heterocycles. The number of hydrogen-bond donors (Lipinski definition) is 2. The molecule has 27 heavy (non-hydrogen) atoms. The molecule has 0 aliphatic rings. The van der Waals surface area contributed by atoms with Crippen LogP contribution in [0.15, 0.2) is 57.6 Å². The first-order valence-electron chi connectivity index (χ1n) is 8.05. The van der Waals surface area contributed by atoms with E-state index in [1.54, 1.807) is 0 Å². The summed E-state index contributed by atoms with van der Waals surface area (Å²) in [6, 6.07) is 12.1. The van der Waals surface area contributed by atoms with Crippen molar-refractivity contribution in [3.05, 3.63) is 53.6 Å². The van der Waals surface area contributed by atoms with Crippen molar-refractivity contribution in [1.82, 2.24) is 4.57 Å². The number of azo groups is 1. The molecule has 0 unspecified atom stereocenters. The number of amides is 2. The van der Waals surface area contributed by atoms with Gasteiger partial charge in [0.05, 0.1) is 5.75 Å². The number of rotatable bonds is 4. The Morgan fingerprint density at radius 2 is 1.67 bits per heavy atom. The SMILES string of the molecule is Cc1ccc(SCC(=O)N=NC(=O)c2ccc3c(O)n(C)c(O)c3c2)cc1. The summed E-state index contributed by atoms with van der Waals surface area (Å²) in [4.78, 5) is 24.9. The monoisotopic (exact) mass is 383 g/mol. The fourth-order valence-electron chi connectivity index (χ4n) is 2.49. The molecule has 138 valence electrons. The third kappa shape index (κ3) is 4.01. The Morgan fingerprint density at radius 1 is 1.00 bits per heavy atom. The first-order chi connectivity index (χ1) is 12.9. The van der Waals surface area contributed by atoms with Crippen molar-refractivity contribution in [2.45, 2.75) is 11.8 Å². The van der Waals surface area contributed by atoms with E-state index in [1.165, 1.54) is 41.6 Å². The lowest BCUT2D eigenvalue weighted by molar-refractivity contribution is -0.115. The molecule has 2 amide bonds.